The fourth-order valence-corrected chi connectivity index (χ4v) is 0.611. The van der Waals surface area contributed by atoms with Crippen LogP contribution in [-0.4, -0.2) is 11.2 Å². The molecule has 2 unspecified atom stereocenters. The summed E-state index contributed by atoms with van der Waals surface area (Å²) in [6, 6.07) is 0. The summed E-state index contributed by atoms with van der Waals surface area (Å²) in [6.45, 7) is 5.44. The monoisotopic (exact) mass is 118 g/mol. The molecule has 2 atom stereocenters. The van der Waals surface area contributed by atoms with Crippen LogP contribution in [0.2, 0.25) is 0 Å². The lowest BCUT2D eigenvalue weighted by atomic mass is 10.2. The summed E-state index contributed by atoms with van der Waals surface area (Å²) >= 11 is 5.50. The molecule has 0 bridgehead atoms. The summed E-state index contributed by atoms with van der Waals surface area (Å²) in [5.74, 6) is 0. The number of rotatable bonds is 1. The Morgan fingerprint density at radius 1 is 2.00 bits per heavy atom. The van der Waals surface area contributed by atoms with Gasteiger partial charge in [0.05, 0.1) is 0 Å². The van der Waals surface area contributed by atoms with Crippen molar-refractivity contribution in [2.24, 2.45) is 0 Å². The van der Waals surface area contributed by atoms with Gasteiger partial charge in [-0.25, -0.2) is 0 Å². The fourth-order valence-electron chi connectivity index (χ4n) is 0.330. The van der Waals surface area contributed by atoms with E-state index in [1.807, 2.05) is 6.92 Å². The first-order chi connectivity index (χ1) is 3.19. The lowest BCUT2D eigenvalue weighted by Gasteiger charge is -1.87. The van der Waals surface area contributed by atoms with E-state index in [-0.39, 0.29) is 11.2 Å². The van der Waals surface area contributed by atoms with Crippen LogP contribution in [-0.2, 0) is 4.74 Å². The van der Waals surface area contributed by atoms with Gasteiger partial charge in [0.1, 0.15) is 5.60 Å². The average molecular weight is 119 g/mol. The molecule has 0 aliphatic carbocycles. The summed E-state index contributed by atoms with van der Waals surface area (Å²) in [5.41, 5.74) is -0.355. The minimum absolute atomic E-state index is 0.134. The minimum Gasteiger partial charge on any atom is -0.345 e. The maximum atomic E-state index is 5.50. The van der Waals surface area contributed by atoms with Gasteiger partial charge in [0, 0.05) is 0 Å². The van der Waals surface area contributed by atoms with E-state index in [2.05, 4.69) is 6.58 Å². The van der Waals surface area contributed by atoms with Gasteiger partial charge in [0.2, 0.25) is 0 Å². The average Bonchev–Trinajstić information content (AvgIpc) is 2.18. The predicted molar refractivity (Wildman–Crippen MR) is 29.3 cm³/mol. The van der Waals surface area contributed by atoms with E-state index in [0.717, 1.165) is 0 Å². The van der Waals surface area contributed by atoms with Gasteiger partial charge in [0.15, 0.2) is 5.56 Å². The molecule has 1 rings (SSSR count). The third kappa shape index (κ3) is 0.663. The van der Waals surface area contributed by atoms with Crippen LogP contribution in [0.15, 0.2) is 12.7 Å². The lowest BCUT2D eigenvalue weighted by molar-refractivity contribution is 0.363. The van der Waals surface area contributed by atoms with Crippen molar-refractivity contribution >= 4 is 11.6 Å². The van der Waals surface area contributed by atoms with Crippen molar-refractivity contribution in [2.75, 3.05) is 0 Å². The number of hydrogen-bond acceptors (Lipinski definition) is 1. The zero-order chi connectivity index (χ0) is 5.49. The molecule has 0 radical (unpaired) electrons. The quantitative estimate of drug-likeness (QED) is 0.289. The summed E-state index contributed by atoms with van der Waals surface area (Å²) in [4.78, 5) is 0. The van der Waals surface area contributed by atoms with Gasteiger partial charge in [-0.15, -0.1) is 6.58 Å². The molecule has 1 aliphatic rings. The van der Waals surface area contributed by atoms with Gasteiger partial charge in [0.25, 0.3) is 0 Å². The van der Waals surface area contributed by atoms with Crippen molar-refractivity contribution in [1.29, 1.82) is 0 Å². The van der Waals surface area contributed by atoms with E-state index in [0.29, 0.717) is 0 Å². The highest BCUT2D eigenvalue weighted by Gasteiger charge is 2.48. The Morgan fingerprint density at radius 2 is 2.43 bits per heavy atom. The molecule has 0 aromatic carbocycles. The number of alkyl halides is 1. The SMILES string of the molecule is C=CC1(C)OC1Cl. The second-order valence-electron chi connectivity index (χ2n) is 1.82. The highest BCUT2D eigenvalue weighted by atomic mass is 35.5. The Morgan fingerprint density at radius 3 is 2.43 bits per heavy atom. The Labute approximate surface area is 47.9 Å². The molecule has 2 heteroatoms. The van der Waals surface area contributed by atoms with E-state index in [1.165, 1.54) is 0 Å². The molecule has 40 valence electrons. The Balaban J connectivity index is 2.51. The smallest absolute Gasteiger partial charge is 0.164 e. The number of epoxide rings is 1. The highest BCUT2D eigenvalue weighted by Crippen LogP contribution is 2.39. The number of hydrogen-bond donors (Lipinski definition) is 0. The van der Waals surface area contributed by atoms with Crippen LogP contribution < -0.4 is 0 Å². The van der Waals surface area contributed by atoms with Crippen molar-refractivity contribution in [3.05, 3.63) is 12.7 Å². The second kappa shape index (κ2) is 1.23. The second-order valence-corrected chi connectivity index (χ2v) is 2.22. The molecule has 1 fully saturated rings. The molecule has 1 heterocycles. The van der Waals surface area contributed by atoms with Crippen molar-refractivity contribution in [2.45, 2.75) is 18.1 Å². The molecule has 1 saturated heterocycles. The van der Waals surface area contributed by atoms with Crippen LogP contribution in [0.4, 0.5) is 0 Å². The van der Waals surface area contributed by atoms with E-state index in [1.54, 1.807) is 6.08 Å². The van der Waals surface area contributed by atoms with E-state index in [9.17, 15) is 0 Å². The van der Waals surface area contributed by atoms with E-state index in [4.69, 9.17) is 16.3 Å². The first-order valence-electron chi connectivity index (χ1n) is 2.14. The van der Waals surface area contributed by atoms with Crippen molar-refractivity contribution < 1.29 is 4.74 Å². The van der Waals surface area contributed by atoms with Gasteiger partial charge in [-0.2, -0.15) is 0 Å². The topological polar surface area (TPSA) is 12.5 Å². The molecule has 0 aromatic heterocycles. The van der Waals surface area contributed by atoms with Gasteiger partial charge in [-0.05, 0) is 6.92 Å². The predicted octanol–water partition coefficient (Wildman–Crippen LogP) is 1.53. The Hall–Kier alpha value is -0.0100. The van der Waals surface area contributed by atoms with Crippen LogP contribution in [0.1, 0.15) is 6.92 Å². The van der Waals surface area contributed by atoms with Crippen molar-refractivity contribution in [3.8, 4) is 0 Å². The molecule has 0 aromatic rings. The normalized spacial score (nSPS) is 48.6. The fraction of sp³-hybridized carbons (Fsp3) is 0.600. The van der Waals surface area contributed by atoms with Crippen LogP contribution in [0.25, 0.3) is 0 Å². The third-order valence-electron chi connectivity index (χ3n) is 1.16. The van der Waals surface area contributed by atoms with Crippen LogP contribution in [0.5, 0.6) is 0 Å². The van der Waals surface area contributed by atoms with Gasteiger partial charge in [-0.3, -0.25) is 0 Å². The van der Waals surface area contributed by atoms with Gasteiger partial charge < -0.3 is 4.74 Å². The molecule has 0 amide bonds. The zero-order valence-corrected chi connectivity index (χ0v) is 4.90. The Bertz CT molecular complexity index is 102. The van der Waals surface area contributed by atoms with Crippen LogP contribution >= 0.6 is 11.6 Å². The molecule has 1 nitrogen and oxygen atoms in total. The zero-order valence-electron chi connectivity index (χ0n) is 4.15. The third-order valence-corrected chi connectivity index (χ3v) is 1.68. The molecule has 7 heavy (non-hydrogen) atoms. The molecule has 0 spiro atoms. The molecular formula is C5H7ClO. The molecular weight excluding hydrogens is 112 g/mol. The summed E-state index contributed by atoms with van der Waals surface area (Å²) in [6.07, 6.45) is 1.71. The van der Waals surface area contributed by atoms with Crippen molar-refractivity contribution in [1.82, 2.24) is 0 Å². The van der Waals surface area contributed by atoms with Gasteiger partial charge >= 0.3 is 0 Å². The number of halogens is 1. The maximum Gasteiger partial charge on any atom is 0.164 e. The maximum absolute atomic E-state index is 5.50. The summed E-state index contributed by atoms with van der Waals surface area (Å²) in [5, 5.41) is 0. The molecule has 0 N–H and O–H groups in total. The van der Waals surface area contributed by atoms with Crippen LogP contribution in [0, 0.1) is 0 Å². The number of ether oxygens (including phenoxy) is 1. The van der Waals surface area contributed by atoms with E-state index < -0.39 is 0 Å². The largest absolute Gasteiger partial charge is 0.345 e. The summed E-state index contributed by atoms with van der Waals surface area (Å²) in [7, 11) is 0. The lowest BCUT2D eigenvalue weighted by Crippen LogP contribution is -1.98. The minimum atomic E-state index is -0.221. The molecule has 1 aliphatic heterocycles. The standard InChI is InChI=1S/C5H7ClO/c1-3-5(2)4(6)7-5/h3-4H,1H2,2H3. The summed E-state index contributed by atoms with van der Waals surface area (Å²) < 4.78 is 4.90. The molecule has 0 saturated carbocycles. The Kier molecular flexibility index (Phi) is 0.906. The van der Waals surface area contributed by atoms with Gasteiger partial charge in [-0.1, -0.05) is 17.7 Å². The highest BCUT2D eigenvalue weighted by molar-refractivity contribution is 6.22. The van der Waals surface area contributed by atoms with Crippen molar-refractivity contribution in [3.63, 3.8) is 0 Å². The first-order valence-corrected chi connectivity index (χ1v) is 2.58. The van der Waals surface area contributed by atoms with E-state index >= 15 is 0 Å². The first kappa shape index (κ1) is 5.13. The van der Waals surface area contributed by atoms with Crippen LogP contribution in [0.3, 0.4) is 0 Å².